The molecule has 1 aliphatic heterocycles. The highest BCUT2D eigenvalue weighted by atomic mass is 32.1. The Morgan fingerprint density at radius 1 is 1.21 bits per heavy atom. The van der Waals surface area contributed by atoms with Gasteiger partial charge in [0.15, 0.2) is 0 Å². The van der Waals surface area contributed by atoms with Crippen LogP contribution in [0.2, 0.25) is 0 Å². The van der Waals surface area contributed by atoms with Crippen LogP contribution in [-0.4, -0.2) is 50.6 Å². The molecule has 2 heterocycles. The van der Waals surface area contributed by atoms with Gasteiger partial charge in [-0.15, -0.1) is 11.3 Å². The zero-order chi connectivity index (χ0) is 23.6. The minimum absolute atomic E-state index is 0.0321. The van der Waals surface area contributed by atoms with Gasteiger partial charge in [-0.05, 0) is 60.4 Å². The Hall–Kier alpha value is -2.56. The second-order valence-electron chi connectivity index (χ2n) is 10.1. The third-order valence-corrected chi connectivity index (χ3v) is 8.20. The number of nitrogens with one attached hydrogen (secondary N) is 1. The summed E-state index contributed by atoms with van der Waals surface area (Å²) in [5.41, 5.74) is 3.27. The molecule has 0 radical (unpaired) electrons. The third kappa shape index (κ3) is 5.34. The Balaban J connectivity index is 1.33. The maximum Gasteiger partial charge on any atom is 0.239 e. The van der Waals surface area contributed by atoms with Crippen LogP contribution in [0.1, 0.15) is 43.2 Å². The fourth-order valence-corrected chi connectivity index (χ4v) is 6.15. The topological polar surface area (TPSA) is 68.6 Å². The monoisotopic (exact) mass is 466 g/mol. The van der Waals surface area contributed by atoms with Crippen molar-refractivity contribution in [3.63, 3.8) is 0 Å². The van der Waals surface area contributed by atoms with Crippen LogP contribution < -0.4 is 15.0 Å². The van der Waals surface area contributed by atoms with Crippen molar-refractivity contribution in [3.05, 3.63) is 40.3 Å². The van der Waals surface area contributed by atoms with Gasteiger partial charge in [0.2, 0.25) is 5.91 Å². The summed E-state index contributed by atoms with van der Waals surface area (Å²) >= 11 is 1.61. The van der Waals surface area contributed by atoms with Gasteiger partial charge in [0.1, 0.15) is 16.8 Å². The summed E-state index contributed by atoms with van der Waals surface area (Å²) in [5.74, 6) is 1.44. The molecule has 1 aromatic heterocycles. The molecule has 7 heteroatoms. The lowest BCUT2D eigenvalue weighted by Crippen LogP contribution is -2.48. The fraction of sp³-hybridized carbons (Fsp3) is 0.538. The average molecular weight is 467 g/mol. The van der Waals surface area contributed by atoms with Crippen molar-refractivity contribution < 1.29 is 9.53 Å². The molecule has 1 amide bonds. The number of piperazine rings is 1. The molecule has 176 valence electrons. The van der Waals surface area contributed by atoms with Gasteiger partial charge in [-0.25, -0.2) is 0 Å². The lowest BCUT2D eigenvalue weighted by molar-refractivity contribution is -0.117. The first-order chi connectivity index (χ1) is 15.8. The molecule has 1 unspecified atom stereocenters. The molecule has 0 bridgehead atoms. The third-order valence-electron chi connectivity index (χ3n) is 7.03. The predicted octanol–water partition coefficient (Wildman–Crippen LogP) is 4.54. The summed E-state index contributed by atoms with van der Waals surface area (Å²) in [6.45, 7) is 10.6. The molecule has 0 saturated carbocycles. The van der Waals surface area contributed by atoms with Crippen molar-refractivity contribution in [1.29, 1.82) is 5.26 Å². The molecule has 4 rings (SSSR count). The standard InChI is InChI=1S/C26H34N4O2S/c1-26(2,3)18-5-10-21-22(16-27)25(33-23(21)15-18)28-24(31)17-29-11-13-30(14-12-29)19-6-8-20(32-4)9-7-19/h6-9,18H,5,10-15,17H2,1-4H3,(H,28,31). The number of hydrogen-bond donors (Lipinski definition) is 1. The van der Waals surface area contributed by atoms with Gasteiger partial charge in [-0.3, -0.25) is 9.69 Å². The number of rotatable bonds is 5. The second-order valence-corrected chi connectivity index (χ2v) is 11.2. The summed E-state index contributed by atoms with van der Waals surface area (Å²) in [5, 5.41) is 13.6. The number of fused-ring (bicyclic) bond motifs is 1. The van der Waals surface area contributed by atoms with E-state index in [0.29, 0.717) is 18.0 Å². The first-order valence-corrected chi connectivity index (χ1v) is 12.6. The van der Waals surface area contributed by atoms with Gasteiger partial charge in [0, 0.05) is 36.7 Å². The molecule has 1 N–H and O–H groups in total. The quantitative estimate of drug-likeness (QED) is 0.701. The van der Waals surface area contributed by atoms with Gasteiger partial charge in [0.05, 0.1) is 19.2 Å². The number of nitrogens with zero attached hydrogens (tertiary/aromatic N) is 3. The summed E-state index contributed by atoms with van der Waals surface area (Å²) in [7, 11) is 1.67. The first-order valence-electron chi connectivity index (χ1n) is 11.7. The number of amides is 1. The zero-order valence-electron chi connectivity index (χ0n) is 20.1. The number of benzene rings is 1. The van der Waals surface area contributed by atoms with Crippen molar-refractivity contribution in [1.82, 2.24) is 4.90 Å². The average Bonchev–Trinajstić information content (AvgIpc) is 3.15. The molecule has 33 heavy (non-hydrogen) atoms. The molecule has 2 aliphatic rings. The Bertz CT molecular complexity index is 1020. The SMILES string of the molecule is COc1ccc(N2CCN(CC(=O)Nc3sc4c(c3C#N)CCC(C(C)(C)C)C4)CC2)cc1. The highest BCUT2D eigenvalue weighted by molar-refractivity contribution is 7.16. The van der Waals surface area contributed by atoms with Crippen LogP contribution in [0.3, 0.4) is 0 Å². The highest BCUT2D eigenvalue weighted by Gasteiger charge is 2.32. The molecule has 6 nitrogen and oxygen atoms in total. The second kappa shape index (κ2) is 9.74. The van der Waals surface area contributed by atoms with Crippen LogP contribution in [0.25, 0.3) is 0 Å². The molecule has 1 fully saturated rings. The van der Waals surface area contributed by atoms with E-state index in [0.717, 1.165) is 61.8 Å². The lowest BCUT2D eigenvalue weighted by atomic mass is 9.72. The summed E-state index contributed by atoms with van der Waals surface area (Å²) < 4.78 is 5.24. The van der Waals surface area contributed by atoms with E-state index in [1.165, 1.54) is 10.6 Å². The lowest BCUT2D eigenvalue weighted by Gasteiger charge is -2.35. The smallest absolute Gasteiger partial charge is 0.239 e. The number of anilines is 2. The van der Waals surface area contributed by atoms with Gasteiger partial charge in [-0.2, -0.15) is 5.26 Å². The van der Waals surface area contributed by atoms with Gasteiger partial charge in [0.25, 0.3) is 0 Å². The summed E-state index contributed by atoms with van der Waals surface area (Å²) in [6, 6.07) is 10.5. The van der Waals surface area contributed by atoms with Crippen molar-refractivity contribution in [2.75, 3.05) is 50.1 Å². The normalized spacial score (nSPS) is 19.0. The number of nitriles is 1. The fourth-order valence-electron chi connectivity index (χ4n) is 4.86. The molecule has 1 saturated heterocycles. The molecule has 1 aromatic carbocycles. The van der Waals surface area contributed by atoms with Crippen LogP contribution in [0.5, 0.6) is 5.75 Å². The number of thiophene rings is 1. The van der Waals surface area contributed by atoms with E-state index in [9.17, 15) is 10.1 Å². The van der Waals surface area contributed by atoms with Gasteiger partial charge < -0.3 is 15.0 Å². The van der Waals surface area contributed by atoms with Crippen LogP contribution in [0.4, 0.5) is 10.7 Å². The Morgan fingerprint density at radius 3 is 2.52 bits per heavy atom. The molecule has 1 aliphatic carbocycles. The Morgan fingerprint density at radius 2 is 1.91 bits per heavy atom. The van der Waals surface area contributed by atoms with E-state index in [4.69, 9.17) is 4.74 Å². The van der Waals surface area contributed by atoms with E-state index >= 15 is 0 Å². The number of methoxy groups -OCH3 is 1. The highest BCUT2D eigenvalue weighted by Crippen LogP contribution is 2.44. The van der Waals surface area contributed by atoms with Crippen LogP contribution >= 0.6 is 11.3 Å². The van der Waals surface area contributed by atoms with Gasteiger partial charge >= 0.3 is 0 Å². The number of carbonyl (C=O) groups excluding carboxylic acids is 1. The predicted molar refractivity (Wildman–Crippen MR) is 134 cm³/mol. The van der Waals surface area contributed by atoms with E-state index in [2.05, 4.69) is 54.1 Å². The Labute approximate surface area is 201 Å². The van der Waals surface area contributed by atoms with Crippen molar-refractivity contribution in [3.8, 4) is 11.8 Å². The van der Waals surface area contributed by atoms with Crippen molar-refractivity contribution in [2.45, 2.75) is 40.0 Å². The number of hydrogen-bond acceptors (Lipinski definition) is 6. The Kier molecular flexibility index (Phi) is 6.96. The maximum atomic E-state index is 12.8. The molecule has 1 atom stereocenters. The zero-order valence-corrected chi connectivity index (χ0v) is 20.9. The van der Waals surface area contributed by atoms with Crippen molar-refractivity contribution in [2.24, 2.45) is 11.3 Å². The summed E-state index contributed by atoms with van der Waals surface area (Å²) in [6.07, 6.45) is 3.04. The number of carbonyl (C=O) groups is 1. The van der Waals surface area contributed by atoms with Gasteiger partial charge in [-0.1, -0.05) is 20.8 Å². The van der Waals surface area contributed by atoms with Crippen molar-refractivity contribution >= 4 is 27.9 Å². The van der Waals surface area contributed by atoms with Crippen LogP contribution in [0, 0.1) is 22.7 Å². The minimum Gasteiger partial charge on any atom is -0.497 e. The molecular formula is C26H34N4O2S. The van der Waals surface area contributed by atoms with E-state index in [-0.39, 0.29) is 11.3 Å². The largest absolute Gasteiger partial charge is 0.497 e. The van der Waals surface area contributed by atoms with E-state index in [1.54, 1.807) is 18.4 Å². The van der Waals surface area contributed by atoms with Crippen LogP contribution in [0.15, 0.2) is 24.3 Å². The number of ether oxygens (including phenoxy) is 1. The maximum absolute atomic E-state index is 12.8. The van der Waals surface area contributed by atoms with E-state index in [1.807, 2.05) is 12.1 Å². The van der Waals surface area contributed by atoms with Crippen LogP contribution in [-0.2, 0) is 17.6 Å². The summed E-state index contributed by atoms with van der Waals surface area (Å²) in [4.78, 5) is 18.6. The minimum atomic E-state index is -0.0321. The van der Waals surface area contributed by atoms with E-state index < -0.39 is 0 Å². The first kappa shape index (κ1) is 23.6. The molecular weight excluding hydrogens is 432 g/mol. The molecule has 2 aromatic rings. The molecule has 0 spiro atoms.